The Kier molecular flexibility index (Phi) is 20.6. The van der Waals surface area contributed by atoms with Gasteiger partial charge in [0.05, 0.1) is 57.8 Å². The van der Waals surface area contributed by atoms with Gasteiger partial charge in [-0.3, -0.25) is 88.4 Å². The van der Waals surface area contributed by atoms with Crippen molar-refractivity contribution >= 4 is 114 Å². The maximum atomic E-state index is 14.4. The zero-order valence-electron chi connectivity index (χ0n) is 53.7. The van der Waals surface area contributed by atoms with Crippen molar-refractivity contribution in [3.63, 3.8) is 0 Å². The number of phosphoric acid groups is 4. The number of fused-ring (bicyclic) bond motifs is 4. The molecule has 19 N–H and O–H groups in total. The first-order chi connectivity index (χ1) is 50.3. The topological polar surface area (TPSA) is 735 Å². The number of H-pyrrole nitrogens is 3. The summed E-state index contributed by atoms with van der Waals surface area (Å²) in [6.07, 6.45) is -16.6. The zero-order chi connectivity index (χ0) is 75.1. The molecule has 9 aromatic rings. The van der Waals surface area contributed by atoms with E-state index in [1.54, 1.807) is 0 Å². The molecule has 9 aromatic heterocycles. The molecular weight excluding hydrogens is 1530 g/mol. The van der Waals surface area contributed by atoms with Gasteiger partial charge in [0.15, 0.2) is 45.0 Å². The Morgan fingerprint density at radius 1 is 0.462 bits per heavy atom. The molecule has 570 valence electrons. The molecule has 5 saturated heterocycles. The highest BCUT2D eigenvalue weighted by molar-refractivity contribution is 7.48. The van der Waals surface area contributed by atoms with Crippen LogP contribution in [0.1, 0.15) is 63.2 Å². The maximum absolute atomic E-state index is 14.4. The van der Waals surface area contributed by atoms with E-state index in [0.29, 0.717) is 0 Å². The first-order valence-corrected chi connectivity index (χ1v) is 38.2. The fraction of sp³-hybridized carbons (Fsp3) is 0.510. The largest absolute Gasteiger partial charge is 0.694 e. The van der Waals surface area contributed by atoms with E-state index in [4.69, 9.17) is 93.1 Å². The second kappa shape index (κ2) is 29.4. The summed E-state index contributed by atoms with van der Waals surface area (Å²) < 4.78 is 154. The molecule has 52 nitrogen and oxygen atoms in total. The normalized spacial score (nSPS) is 28.8. The number of nitrogens with zero attached hydrogens (tertiary/aromatic N) is 15. The smallest absolute Gasteiger partial charge is 0.390 e. The van der Waals surface area contributed by atoms with Crippen molar-refractivity contribution in [2.45, 2.75) is 124 Å². The van der Waals surface area contributed by atoms with Crippen LogP contribution in [0, 0.1) is 0 Å². The third kappa shape index (κ3) is 16.0. The van der Waals surface area contributed by atoms with Crippen LogP contribution in [0.25, 0.3) is 44.7 Å². The number of aromatic nitrogens is 18. The zero-order valence-corrected chi connectivity index (χ0v) is 58.1. The molecule has 57 heteroatoms. The van der Waals surface area contributed by atoms with Gasteiger partial charge in [-0.15, -0.1) is 9.42 Å². The molecule has 0 spiro atoms. The number of aromatic amines is 3. The van der Waals surface area contributed by atoms with Gasteiger partial charge >= 0.3 is 45.2 Å². The summed E-state index contributed by atoms with van der Waals surface area (Å²) in [5.41, 5.74) is 25.3. The van der Waals surface area contributed by atoms with Gasteiger partial charge in [-0.05, 0) is 6.07 Å². The summed E-state index contributed by atoms with van der Waals surface area (Å²) in [5, 5.41) is 10.8. The Morgan fingerprint density at radius 3 is 1.18 bits per heavy atom. The highest BCUT2D eigenvalue weighted by Gasteiger charge is 2.51. The molecule has 5 aliphatic rings. The number of nitrogens with one attached hydrogen (secondary N) is 3. The monoisotopic (exact) mass is 1590 g/mol. The van der Waals surface area contributed by atoms with E-state index < -0.39 is 206 Å². The number of nitrogen functional groups attached to an aromatic ring is 5. The lowest BCUT2D eigenvalue weighted by Gasteiger charge is -2.25. The molecule has 0 bridgehead atoms. The van der Waals surface area contributed by atoms with Gasteiger partial charge in [-0.1, -0.05) is 0 Å². The van der Waals surface area contributed by atoms with E-state index in [2.05, 4.69) is 64.8 Å². The van der Waals surface area contributed by atoms with E-state index in [1.807, 2.05) is 0 Å². The number of nitrogens with two attached hydrogens (primary N) is 5. The number of rotatable bonds is 28. The summed E-state index contributed by atoms with van der Waals surface area (Å²) in [7, 11) is -25.0. The van der Waals surface area contributed by atoms with E-state index >= 15 is 0 Å². The summed E-state index contributed by atoms with van der Waals surface area (Å²) >= 11 is 0. The van der Waals surface area contributed by atoms with Crippen molar-refractivity contribution in [3.8, 4) is 0 Å². The summed E-state index contributed by atoms with van der Waals surface area (Å²) in [6, 6.07) is 1.31. The average Bonchev–Trinajstić information content (AvgIpc) is 1.64. The van der Waals surface area contributed by atoms with E-state index in [1.165, 1.54) is 36.9 Å². The lowest BCUT2D eigenvalue weighted by Crippen LogP contribution is -2.32. The Bertz CT molecular complexity index is 5310. The minimum Gasteiger partial charge on any atom is -0.390 e. The molecule has 5 fully saturated rings. The van der Waals surface area contributed by atoms with Gasteiger partial charge in [-0.2, -0.15) is 19.9 Å². The lowest BCUT2D eigenvalue weighted by molar-refractivity contribution is -0.0632. The number of aliphatic hydroxyl groups is 1. The van der Waals surface area contributed by atoms with Crippen molar-refractivity contribution < 1.29 is 117 Å². The second-order valence-corrected chi connectivity index (χ2v) is 30.4. The molecule has 5 unspecified atom stereocenters. The molecule has 0 radical (unpaired) electrons. The molecule has 0 amide bonds. The Labute approximate surface area is 587 Å². The van der Waals surface area contributed by atoms with Crippen LogP contribution < -0.4 is 51.0 Å². The molecule has 20 atom stereocenters. The van der Waals surface area contributed by atoms with Crippen LogP contribution in [-0.2, 0) is 87.2 Å². The fourth-order valence-corrected chi connectivity index (χ4v) is 16.5. The molecular formula is C49H61N23O29P5+. The number of hydrogen-bond donors (Lipinski definition) is 14. The van der Waals surface area contributed by atoms with Gasteiger partial charge in [0.25, 0.3) is 16.7 Å². The first kappa shape index (κ1) is 74.6. The minimum atomic E-state index is -5.55. The van der Waals surface area contributed by atoms with Crippen LogP contribution in [0.2, 0.25) is 0 Å². The Hall–Kier alpha value is -8.30. The van der Waals surface area contributed by atoms with Crippen molar-refractivity contribution in [1.82, 2.24) is 87.6 Å². The molecule has 0 aromatic carbocycles. The van der Waals surface area contributed by atoms with Crippen molar-refractivity contribution in [3.05, 3.63) is 85.4 Å². The predicted molar refractivity (Wildman–Crippen MR) is 347 cm³/mol. The van der Waals surface area contributed by atoms with Gasteiger partial charge in [-0.25, -0.2) is 53.0 Å². The first-order valence-electron chi connectivity index (χ1n) is 31.1. The second-order valence-electron chi connectivity index (χ2n) is 24.0. The number of hydrogen-bond acceptors (Lipinski definition) is 39. The highest BCUT2D eigenvalue weighted by atomic mass is 31.2. The van der Waals surface area contributed by atoms with Crippen LogP contribution >= 0.6 is 39.5 Å². The lowest BCUT2D eigenvalue weighted by atomic mass is 10.2. The number of phosphoric ester groups is 4. The number of imidazole rings is 4. The van der Waals surface area contributed by atoms with Crippen molar-refractivity contribution in [1.29, 1.82) is 0 Å². The molecule has 106 heavy (non-hydrogen) atoms. The van der Waals surface area contributed by atoms with Gasteiger partial charge < -0.3 is 77.0 Å². The third-order valence-electron chi connectivity index (χ3n) is 17.1. The van der Waals surface area contributed by atoms with Gasteiger partial charge in [0, 0.05) is 42.9 Å². The van der Waals surface area contributed by atoms with Crippen molar-refractivity contribution in [2.75, 3.05) is 61.7 Å². The molecule has 5 aliphatic heterocycles. The van der Waals surface area contributed by atoms with E-state index in [9.17, 15) is 71.6 Å². The molecule has 14 heterocycles. The molecule has 0 aliphatic carbocycles. The molecule has 0 saturated carbocycles. The quantitative estimate of drug-likeness (QED) is 0.0233. The SMILES string of the molecule is Nc1ccn([C@H]2C[C@H](O)[C@@H](COP(=O)(O)O[C@H]3C[C@H](n4cnc5c(=O)[nH]c(N)nc54)O[C@@H]3COP(=O)(O)O[C@H]3C[C@H](n4cnc5c(N)ncnc54)O[C@@H]3COP(=O)(O)O[C@H]3C[C@H](n4cnc5c(=O)[nH]c(N)nc54)O[C@@H]3COP(=O)(O)O[C@H]3C[C@H](n4cnc5c(=O)[nH]c(N)nc54)O[C@@H]3CO[P+](=O)O)O2)c(=O)n1. The van der Waals surface area contributed by atoms with Crippen LogP contribution in [0.15, 0.2) is 63.1 Å². The number of ether oxygens (including phenoxy) is 5. The molecule has 14 rings (SSSR count). The summed E-state index contributed by atoms with van der Waals surface area (Å²) in [5.74, 6) is -1.14. The van der Waals surface area contributed by atoms with Crippen LogP contribution in [0.5, 0.6) is 0 Å². The predicted octanol–water partition coefficient (Wildman–Crippen LogP) is -2.13. The number of aliphatic hydroxyl groups excluding tert-OH is 1. The van der Waals surface area contributed by atoms with E-state index in [0.717, 1.165) is 29.9 Å². The summed E-state index contributed by atoms with van der Waals surface area (Å²) in [4.78, 5) is 153. The third-order valence-corrected chi connectivity index (χ3v) is 21.5. The summed E-state index contributed by atoms with van der Waals surface area (Å²) in [6.45, 7) is -4.58. The standard InChI is InChI=1S/C49H60N23O29P5/c50-28-1-2-68(49(77)61-28)29-3-18(73)23(93-29)9-89-103(80,81)99-21-6-32(71-16-59-36-41(71)63-47(53)66-44(36)75)96-26(21)12-92-105(84,85)100-20-5-30(69-14-57-34-38(51)55-13-56-39(34)69)95-25(20)10-91-106(86,87)101-22-7-33(72-17-60-37-42(72)64-48(54)67-45(37)76)97-27(22)11-90-104(82,83)98-19-4-31(94-24(19)8-88-102(78)79)70-15-58-35-40(70)62-46(52)65-43(35)74/h1-2,13-27,29-33,73H,3-12H2,(H17-,50,51,52,53,54,55,56,61,62,63,64,65,66,67,74,75,76,77,78,79,80,81,82,83,84,85,86,87)/p+1/t18-,19-,20-,21-,22-,23+,24+,25+,26+,27+,29+,30+,31+,32+,33+/m0/s1. The van der Waals surface area contributed by atoms with Gasteiger partial charge in [0.2, 0.25) is 17.8 Å². The fourth-order valence-electron chi connectivity index (χ4n) is 12.4. The Morgan fingerprint density at radius 2 is 0.802 bits per heavy atom. The van der Waals surface area contributed by atoms with Crippen molar-refractivity contribution in [2.24, 2.45) is 0 Å². The van der Waals surface area contributed by atoms with Crippen LogP contribution in [0.3, 0.4) is 0 Å². The van der Waals surface area contributed by atoms with Gasteiger partial charge in [0.1, 0.15) is 110 Å². The van der Waals surface area contributed by atoms with Crippen LogP contribution in [0.4, 0.5) is 29.5 Å². The average molecular weight is 1590 g/mol. The minimum absolute atomic E-state index is 0.0621. The highest BCUT2D eigenvalue weighted by Crippen LogP contribution is 2.55. The Balaban J connectivity index is 0.681. The number of anilines is 5. The van der Waals surface area contributed by atoms with E-state index in [-0.39, 0.29) is 87.0 Å². The maximum Gasteiger partial charge on any atom is 0.694 e. The van der Waals surface area contributed by atoms with Crippen LogP contribution in [-0.4, -0.2) is 211 Å².